The molecular weight excluding hydrogens is 302 g/mol. The number of carbonyl (C=O) groups excluding carboxylic acids is 1. The van der Waals surface area contributed by atoms with Crippen molar-refractivity contribution in [1.29, 1.82) is 0 Å². The highest BCUT2D eigenvalue weighted by Crippen LogP contribution is 2.16. The summed E-state index contributed by atoms with van der Waals surface area (Å²) in [4.78, 5) is 16.2. The number of piperazine rings is 1. The van der Waals surface area contributed by atoms with E-state index in [4.69, 9.17) is 0 Å². The number of anilines is 1. The molecule has 2 aliphatic rings. The van der Waals surface area contributed by atoms with Crippen LogP contribution in [0.2, 0.25) is 0 Å². The molecule has 22 heavy (non-hydrogen) atoms. The van der Waals surface area contributed by atoms with E-state index in [9.17, 15) is 13.2 Å². The molecule has 1 N–H and O–H groups in total. The minimum absolute atomic E-state index is 0.0721. The van der Waals surface area contributed by atoms with Crippen molar-refractivity contribution in [1.82, 2.24) is 10.2 Å². The van der Waals surface area contributed by atoms with Gasteiger partial charge < -0.3 is 15.1 Å². The molecule has 7 heteroatoms. The Kier molecular flexibility index (Phi) is 4.24. The number of para-hydroxylation sites is 1. The summed E-state index contributed by atoms with van der Waals surface area (Å²) in [5.41, 5.74) is 1.17. The van der Waals surface area contributed by atoms with Gasteiger partial charge in [-0.25, -0.2) is 13.2 Å². The van der Waals surface area contributed by atoms with E-state index in [1.54, 1.807) is 4.90 Å². The number of benzene rings is 1. The predicted octanol–water partition coefficient (Wildman–Crippen LogP) is 0.705. The summed E-state index contributed by atoms with van der Waals surface area (Å²) in [5.74, 6) is 0.252. The summed E-state index contributed by atoms with van der Waals surface area (Å²) >= 11 is 0. The molecule has 1 aromatic rings. The molecule has 2 aliphatic heterocycles. The molecule has 0 bridgehead atoms. The second kappa shape index (κ2) is 6.16. The average molecular weight is 323 g/mol. The Morgan fingerprint density at radius 2 is 1.77 bits per heavy atom. The standard InChI is InChI=1S/C15H21N3O3S/c19-15(16-13-6-11-22(20,21)12-13)18-9-7-17(8-10-18)14-4-2-1-3-5-14/h1-5,13H,6-12H2,(H,16,19)/t13-/m0/s1. The lowest BCUT2D eigenvalue weighted by atomic mass is 10.2. The molecule has 0 spiro atoms. The quantitative estimate of drug-likeness (QED) is 0.870. The molecule has 1 aromatic carbocycles. The van der Waals surface area contributed by atoms with Gasteiger partial charge in [-0.3, -0.25) is 0 Å². The number of nitrogens with one attached hydrogen (secondary N) is 1. The van der Waals surface area contributed by atoms with E-state index < -0.39 is 9.84 Å². The minimum Gasteiger partial charge on any atom is -0.368 e. The fourth-order valence-corrected chi connectivity index (χ4v) is 4.65. The molecule has 1 atom stereocenters. The zero-order chi connectivity index (χ0) is 15.6. The third kappa shape index (κ3) is 3.52. The van der Waals surface area contributed by atoms with Crippen LogP contribution in [0.4, 0.5) is 10.5 Å². The van der Waals surface area contributed by atoms with Crippen molar-refractivity contribution in [2.75, 3.05) is 42.6 Å². The predicted molar refractivity (Wildman–Crippen MR) is 85.8 cm³/mol. The molecule has 2 amide bonds. The molecule has 2 saturated heterocycles. The van der Waals surface area contributed by atoms with Gasteiger partial charge in [0.15, 0.2) is 9.84 Å². The van der Waals surface area contributed by atoms with Crippen LogP contribution in [0.5, 0.6) is 0 Å². The molecule has 3 rings (SSSR count). The van der Waals surface area contributed by atoms with E-state index in [1.165, 1.54) is 5.69 Å². The van der Waals surface area contributed by atoms with Gasteiger partial charge in [-0.05, 0) is 18.6 Å². The normalized spacial score (nSPS) is 24.3. The van der Waals surface area contributed by atoms with Crippen molar-refractivity contribution in [3.05, 3.63) is 30.3 Å². The molecule has 2 heterocycles. The lowest BCUT2D eigenvalue weighted by Gasteiger charge is -2.36. The number of nitrogens with zero attached hydrogens (tertiary/aromatic N) is 2. The van der Waals surface area contributed by atoms with E-state index in [0.717, 1.165) is 13.1 Å². The molecule has 2 fully saturated rings. The van der Waals surface area contributed by atoms with Crippen LogP contribution in [0.3, 0.4) is 0 Å². The Labute approximate surface area is 131 Å². The van der Waals surface area contributed by atoms with Crippen molar-refractivity contribution in [2.45, 2.75) is 12.5 Å². The van der Waals surface area contributed by atoms with Gasteiger partial charge in [0.05, 0.1) is 11.5 Å². The summed E-state index contributed by atoms with van der Waals surface area (Å²) in [6, 6.07) is 9.77. The van der Waals surface area contributed by atoms with Gasteiger partial charge in [0.25, 0.3) is 0 Å². The molecule has 0 saturated carbocycles. The van der Waals surface area contributed by atoms with E-state index in [-0.39, 0.29) is 23.6 Å². The molecule has 0 aliphatic carbocycles. The smallest absolute Gasteiger partial charge is 0.317 e. The molecule has 0 radical (unpaired) electrons. The van der Waals surface area contributed by atoms with Gasteiger partial charge in [-0.2, -0.15) is 0 Å². The van der Waals surface area contributed by atoms with Gasteiger partial charge in [-0.15, -0.1) is 0 Å². The van der Waals surface area contributed by atoms with Crippen LogP contribution < -0.4 is 10.2 Å². The fourth-order valence-electron chi connectivity index (χ4n) is 2.98. The zero-order valence-corrected chi connectivity index (χ0v) is 13.3. The Hall–Kier alpha value is -1.76. The van der Waals surface area contributed by atoms with Crippen LogP contribution in [0.1, 0.15) is 6.42 Å². The highest BCUT2D eigenvalue weighted by atomic mass is 32.2. The number of urea groups is 1. The van der Waals surface area contributed by atoms with Gasteiger partial charge >= 0.3 is 6.03 Å². The van der Waals surface area contributed by atoms with Crippen LogP contribution in [0.15, 0.2) is 30.3 Å². The average Bonchev–Trinajstić information content (AvgIpc) is 2.87. The maximum absolute atomic E-state index is 12.2. The summed E-state index contributed by atoms with van der Waals surface area (Å²) in [6.45, 7) is 2.89. The van der Waals surface area contributed by atoms with Crippen LogP contribution >= 0.6 is 0 Å². The topological polar surface area (TPSA) is 69.7 Å². The van der Waals surface area contributed by atoms with Crippen molar-refractivity contribution in [3.63, 3.8) is 0 Å². The third-order valence-electron chi connectivity index (χ3n) is 4.25. The second-order valence-corrected chi connectivity index (χ2v) is 8.09. The highest BCUT2D eigenvalue weighted by molar-refractivity contribution is 7.91. The number of hydrogen-bond donors (Lipinski definition) is 1. The van der Waals surface area contributed by atoms with Crippen molar-refractivity contribution in [3.8, 4) is 0 Å². The highest BCUT2D eigenvalue weighted by Gasteiger charge is 2.30. The summed E-state index contributed by atoms with van der Waals surface area (Å²) < 4.78 is 22.9. The zero-order valence-electron chi connectivity index (χ0n) is 12.4. The number of rotatable bonds is 2. The Balaban J connectivity index is 1.50. The monoisotopic (exact) mass is 323 g/mol. The largest absolute Gasteiger partial charge is 0.368 e. The maximum atomic E-state index is 12.2. The maximum Gasteiger partial charge on any atom is 0.317 e. The Bertz CT molecular complexity index is 625. The van der Waals surface area contributed by atoms with E-state index in [1.807, 2.05) is 18.2 Å². The fraction of sp³-hybridized carbons (Fsp3) is 0.533. The summed E-state index contributed by atoms with van der Waals surface area (Å²) in [5, 5.41) is 2.85. The van der Waals surface area contributed by atoms with Gasteiger partial charge in [0.2, 0.25) is 0 Å². The number of sulfone groups is 1. The molecule has 0 aromatic heterocycles. The first-order valence-electron chi connectivity index (χ1n) is 7.59. The lowest BCUT2D eigenvalue weighted by molar-refractivity contribution is 0.191. The van der Waals surface area contributed by atoms with Crippen LogP contribution in [-0.4, -0.2) is 63.1 Å². The number of hydrogen-bond acceptors (Lipinski definition) is 4. The van der Waals surface area contributed by atoms with Crippen molar-refractivity contribution >= 4 is 21.6 Å². The second-order valence-electron chi connectivity index (χ2n) is 5.86. The first kappa shape index (κ1) is 15.1. The first-order valence-corrected chi connectivity index (χ1v) is 9.41. The van der Waals surface area contributed by atoms with E-state index in [0.29, 0.717) is 19.5 Å². The SMILES string of the molecule is O=C(N[C@H]1CCS(=O)(=O)C1)N1CCN(c2ccccc2)CC1. The van der Waals surface area contributed by atoms with Crippen LogP contribution in [0.25, 0.3) is 0 Å². The van der Waals surface area contributed by atoms with Crippen LogP contribution in [-0.2, 0) is 9.84 Å². The van der Waals surface area contributed by atoms with Gasteiger partial charge in [-0.1, -0.05) is 18.2 Å². The minimum atomic E-state index is -2.96. The summed E-state index contributed by atoms with van der Waals surface area (Å²) in [7, 11) is -2.96. The lowest BCUT2D eigenvalue weighted by Crippen LogP contribution is -2.53. The van der Waals surface area contributed by atoms with E-state index in [2.05, 4.69) is 22.3 Å². The first-order chi connectivity index (χ1) is 10.5. The van der Waals surface area contributed by atoms with Crippen molar-refractivity contribution in [2.24, 2.45) is 0 Å². The molecule has 0 unspecified atom stereocenters. The van der Waals surface area contributed by atoms with Crippen LogP contribution in [0, 0.1) is 0 Å². The third-order valence-corrected chi connectivity index (χ3v) is 6.02. The van der Waals surface area contributed by atoms with E-state index >= 15 is 0 Å². The molecular formula is C15H21N3O3S. The van der Waals surface area contributed by atoms with Gasteiger partial charge in [0.1, 0.15) is 0 Å². The molecule has 6 nitrogen and oxygen atoms in total. The van der Waals surface area contributed by atoms with Crippen molar-refractivity contribution < 1.29 is 13.2 Å². The number of carbonyl (C=O) groups is 1. The molecule has 120 valence electrons. The Morgan fingerprint density at radius 1 is 1.09 bits per heavy atom. The van der Waals surface area contributed by atoms with Gasteiger partial charge in [0, 0.05) is 37.9 Å². The Morgan fingerprint density at radius 3 is 2.36 bits per heavy atom. The number of amides is 2. The summed E-state index contributed by atoms with van der Waals surface area (Å²) in [6.07, 6.45) is 0.526.